The van der Waals surface area contributed by atoms with Crippen molar-refractivity contribution in [2.45, 2.75) is 6.54 Å². The van der Waals surface area contributed by atoms with Gasteiger partial charge in [0.1, 0.15) is 11.5 Å². The molecule has 0 radical (unpaired) electrons. The number of hydrogen-bond donors (Lipinski definition) is 2. The second-order valence-corrected chi connectivity index (χ2v) is 4.87. The van der Waals surface area contributed by atoms with Crippen LogP contribution in [0.5, 0.6) is 0 Å². The lowest BCUT2D eigenvalue weighted by molar-refractivity contribution is -0.384. The summed E-state index contributed by atoms with van der Waals surface area (Å²) < 4.78 is 2.31. The predicted molar refractivity (Wildman–Crippen MR) is 75.7 cm³/mol. The van der Waals surface area contributed by atoms with Gasteiger partial charge in [0.2, 0.25) is 0 Å². The molecule has 1 aromatic carbocycles. The predicted octanol–water partition coefficient (Wildman–Crippen LogP) is 2.29. The summed E-state index contributed by atoms with van der Waals surface area (Å²) in [6, 6.07) is 4.73. The van der Waals surface area contributed by atoms with Crippen LogP contribution in [0.4, 0.5) is 17.2 Å². The van der Waals surface area contributed by atoms with Gasteiger partial charge in [0.15, 0.2) is 0 Å². The van der Waals surface area contributed by atoms with Crippen LogP contribution in [0.3, 0.4) is 0 Å². The van der Waals surface area contributed by atoms with Gasteiger partial charge in [0, 0.05) is 29.7 Å². The number of anilines is 2. The van der Waals surface area contributed by atoms with E-state index in [9.17, 15) is 10.1 Å². The van der Waals surface area contributed by atoms with Crippen LogP contribution < -0.4 is 11.1 Å². The molecule has 1 aromatic heterocycles. The summed E-state index contributed by atoms with van der Waals surface area (Å²) in [6.07, 6.45) is 1.63. The van der Waals surface area contributed by atoms with Crippen LogP contribution in [0, 0.1) is 10.1 Å². The first-order chi connectivity index (χ1) is 8.99. The summed E-state index contributed by atoms with van der Waals surface area (Å²) >= 11 is 3.29. The molecular formula is C11H12BrN5O2. The summed E-state index contributed by atoms with van der Waals surface area (Å²) in [6.45, 7) is 0.372. The monoisotopic (exact) mass is 325 g/mol. The van der Waals surface area contributed by atoms with E-state index in [4.69, 9.17) is 5.73 Å². The average Bonchev–Trinajstić information content (AvgIpc) is 2.67. The number of nitro groups is 1. The maximum absolute atomic E-state index is 10.9. The first-order valence-electron chi connectivity index (χ1n) is 5.43. The quantitative estimate of drug-likeness (QED) is 0.663. The van der Waals surface area contributed by atoms with Crippen LogP contribution in [-0.4, -0.2) is 14.7 Å². The second-order valence-electron chi connectivity index (χ2n) is 3.95. The Bertz CT molecular complexity index is 626. The van der Waals surface area contributed by atoms with Gasteiger partial charge in [-0.3, -0.25) is 14.8 Å². The van der Waals surface area contributed by atoms with Gasteiger partial charge in [-0.25, -0.2) is 0 Å². The zero-order valence-corrected chi connectivity index (χ0v) is 11.7. The average molecular weight is 326 g/mol. The Kier molecular flexibility index (Phi) is 3.70. The van der Waals surface area contributed by atoms with Crippen molar-refractivity contribution in [3.05, 3.63) is 44.5 Å². The van der Waals surface area contributed by atoms with Crippen molar-refractivity contribution < 1.29 is 4.92 Å². The van der Waals surface area contributed by atoms with Crippen LogP contribution in [-0.2, 0) is 13.6 Å². The number of aromatic nitrogens is 2. The molecule has 0 unspecified atom stereocenters. The molecule has 100 valence electrons. The third-order valence-corrected chi connectivity index (χ3v) is 3.18. The zero-order valence-electron chi connectivity index (χ0n) is 10.1. The van der Waals surface area contributed by atoms with Gasteiger partial charge in [0.05, 0.1) is 11.1 Å². The SMILES string of the molecule is Cn1ncc(CNc2cc(Br)ccc2[N+](=O)[O-])c1N. The Hall–Kier alpha value is -2.09. The maximum Gasteiger partial charge on any atom is 0.292 e. The molecule has 0 aliphatic carbocycles. The highest BCUT2D eigenvalue weighted by Gasteiger charge is 2.14. The normalized spacial score (nSPS) is 10.4. The van der Waals surface area contributed by atoms with E-state index in [0.717, 1.165) is 10.0 Å². The van der Waals surface area contributed by atoms with Gasteiger partial charge >= 0.3 is 0 Å². The summed E-state index contributed by atoms with van der Waals surface area (Å²) in [5.74, 6) is 0.533. The number of benzene rings is 1. The van der Waals surface area contributed by atoms with E-state index < -0.39 is 4.92 Å². The van der Waals surface area contributed by atoms with Crippen LogP contribution in [0.15, 0.2) is 28.9 Å². The lowest BCUT2D eigenvalue weighted by Gasteiger charge is -2.07. The van der Waals surface area contributed by atoms with E-state index in [1.165, 1.54) is 6.07 Å². The van der Waals surface area contributed by atoms with E-state index >= 15 is 0 Å². The molecule has 0 bridgehead atoms. The molecule has 0 saturated heterocycles. The summed E-state index contributed by atoms with van der Waals surface area (Å²) in [4.78, 5) is 10.5. The van der Waals surface area contributed by atoms with E-state index in [2.05, 4.69) is 26.3 Å². The number of nitrogens with two attached hydrogens (primary N) is 1. The van der Waals surface area contributed by atoms with Gasteiger partial charge in [-0.1, -0.05) is 15.9 Å². The van der Waals surface area contributed by atoms with E-state index in [1.54, 1.807) is 30.1 Å². The number of halogens is 1. The van der Waals surface area contributed by atoms with Crippen molar-refractivity contribution in [2.24, 2.45) is 7.05 Å². The topological polar surface area (TPSA) is 99.0 Å². The van der Waals surface area contributed by atoms with Crippen molar-refractivity contribution in [1.29, 1.82) is 0 Å². The summed E-state index contributed by atoms with van der Waals surface area (Å²) in [5, 5.41) is 17.9. The standard InChI is InChI=1S/C11H12BrN5O2/c1-16-11(13)7(6-15-16)5-14-9-4-8(12)2-3-10(9)17(18)19/h2-4,6,14H,5,13H2,1H3. The fourth-order valence-corrected chi connectivity index (χ4v) is 1.99. The van der Waals surface area contributed by atoms with Crippen molar-refractivity contribution in [3.8, 4) is 0 Å². The molecule has 0 aliphatic heterocycles. The molecule has 7 nitrogen and oxygen atoms in total. The summed E-state index contributed by atoms with van der Waals surface area (Å²) in [5.41, 5.74) is 7.05. The number of rotatable bonds is 4. The zero-order chi connectivity index (χ0) is 14.0. The molecule has 0 amide bonds. The molecule has 0 fully saturated rings. The highest BCUT2D eigenvalue weighted by Crippen LogP contribution is 2.28. The Balaban J connectivity index is 2.21. The Morgan fingerprint density at radius 2 is 2.32 bits per heavy atom. The van der Waals surface area contributed by atoms with Gasteiger partial charge in [-0.2, -0.15) is 5.10 Å². The number of aryl methyl sites for hydroxylation is 1. The molecular weight excluding hydrogens is 314 g/mol. The molecule has 0 spiro atoms. The lowest BCUT2D eigenvalue weighted by atomic mass is 10.2. The number of nitrogen functional groups attached to an aromatic ring is 1. The highest BCUT2D eigenvalue weighted by molar-refractivity contribution is 9.10. The lowest BCUT2D eigenvalue weighted by Crippen LogP contribution is -2.05. The van der Waals surface area contributed by atoms with Gasteiger partial charge < -0.3 is 11.1 Å². The first kappa shape index (κ1) is 13.3. The third kappa shape index (κ3) is 2.84. The fraction of sp³-hybridized carbons (Fsp3) is 0.182. The molecule has 1 heterocycles. The molecule has 0 saturated carbocycles. The molecule has 3 N–H and O–H groups in total. The minimum absolute atomic E-state index is 0.0191. The van der Waals surface area contributed by atoms with Gasteiger partial charge in [0.25, 0.3) is 5.69 Å². The van der Waals surface area contributed by atoms with Crippen LogP contribution in [0.25, 0.3) is 0 Å². The van der Waals surface area contributed by atoms with Crippen LogP contribution in [0.1, 0.15) is 5.56 Å². The molecule has 2 aromatic rings. The number of hydrogen-bond acceptors (Lipinski definition) is 5. The first-order valence-corrected chi connectivity index (χ1v) is 6.22. The molecule has 2 rings (SSSR count). The molecule has 8 heteroatoms. The fourth-order valence-electron chi connectivity index (χ4n) is 1.63. The number of nitro benzene ring substituents is 1. The molecule has 19 heavy (non-hydrogen) atoms. The van der Waals surface area contributed by atoms with Crippen LogP contribution >= 0.6 is 15.9 Å². The highest BCUT2D eigenvalue weighted by atomic mass is 79.9. The maximum atomic E-state index is 10.9. The third-order valence-electron chi connectivity index (χ3n) is 2.69. The minimum atomic E-state index is -0.429. The number of nitrogens with zero attached hydrogens (tertiary/aromatic N) is 3. The molecule has 0 aliphatic rings. The van der Waals surface area contributed by atoms with Gasteiger partial charge in [-0.15, -0.1) is 0 Å². The van der Waals surface area contributed by atoms with Gasteiger partial charge in [-0.05, 0) is 12.1 Å². The Morgan fingerprint density at radius 3 is 2.89 bits per heavy atom. The molecule has 0 atom stereocenters. The second kappa shape index (κ2) is 5.27. The van der Waals surface area contributed by atoms with E-state index in [0.29, 0.717) is 18.1 Å². The smallest absolute Gasteiger partial charge is 0.292 e. The Morgan fingerprint density at radius 1 is 1.58 bits per heavy atom. The van der Waals surface area contributed by atoms with Crippen molar-refractivity contribution in [3.63, 3.8) is 0 Å². The number of nitrogens with one attached hydrogen (secondary N) is 1. The van der Waals surface area contributed by atoms with E-state index in [1.807, 2.05) is 0 Å². The van der Waals surface area contributed by atoms with Crippen molar-refractivity contribution in [1.82, 2.24) is 9.78 Å². The van der Waals surface area contributed by atoms with Crippen LogP contribution in [0.2, 0.25) is 0 Å². The largest absolute Gasteiger partial charge is 0.384 e. The Labute approximate surface area is 117 Å². The summed E-state index contributed by atoms with van der Waals surface area (Å²) in [7, 11) is 1.74. The minimum Gasteiger partial charge on any atom is -0.384 e. The van der Waals surface area contributed by atoms with Crippen molar-refractivity contribution in [2.75, 3.05) is 11.1 Å². The van der Waals surface area contributed by atoms with E-state index in [-0.39, 0.29) is 5.69 Å². The van der Waals surface area contributed by atoms with Crippen molar-refractivity contribution >= 4 is 33.1 Å².